The third-order valence-corrected chi connectivity index (χ3v) is 4.65. The molecule has 0 aliphatic carbocycles. The zero-order valence-corrected chi connectivity index (χ0v) is 13.9. The van der Waals surface area contributed by atoms with Crippen LogP contribution in [0, 0.1) is 21.4 Å². The maximum atomic E-state index is 11.1. The molecule has 1 unspecified atom stereocenters. The SMILES string of the molecule is N#CC1=C(N)Oc2cc([N+](=O)[O-])ccc2C1c1c(O)ccc2ccccc12. The van der Waals surface area contributed by atoms with Crippen molar-refractivity contribution in [2.45, 2.75) is 5.92 Å². The van der Waals surface area contributed by atoms with E-state index in [4.69, 9.17) is 10.5 Å². The van der Waals surface area contributed by atoms with Gasteiger partial charge in [0.25, 0.3) is 5.69 Å². The number of hydrogen-bond donors (Lipinski definition) is 2. The predicted octanol–water partition coefficient (Wildman–Crippen LogP) is 3.67. The van der Waals surface area contributed by atoms with Crippen LogP contribution in [0.4, 0.5) is 5.69 Å². The van der Waals surface area contributed by atoms with Gasteiger partial charge in [-0.25, -0.2) is 0 Å². The minimum absolute atomic E-state index is 0.00505. The summed E-state index contributed by atoms with van der Waals surface area (Å²) in [6.07, 6.45) is 0. The van der Waals surface area contributed by atoms with Gasteiger partial charge in [0.1, 0.15) is 23.1 Å². The highest BCUT2D eigenvalue weighted by Crippen LogP contribution is 2.47. The van der Waals surface area contributed by atoms with Gasteiger partial charge in [0.15, 0.2) is 0 Å². The van der Waals surface area contributed by atoms with Gasteiger partial charge in [0.05, 0.1) is 16.9 Å². The van der Waals surface area contributed by atoms with Crippen LogP contribution >= 0.6 is 0 Å². The molecule has 0 aromatic heterocycles. The van der Waals surface area contributed by atoms with Crippen molar-refractivity contribution in [3.63, 3.8) is 0 Å². The monoisotopic (exact) mass is 359 g/mol. The van der Waals surface area contributed by atoms with Crippen molar-refractivity contribution in [3.8, 4) is 17.6 Å². The molecule has 7 heteroatoms. The fourth-order valence-electron chi connectivity index (χ4n) is 3.44. The quantitative estimate of drug-likeness (QED) is 0.531. The maximum absolute atomic E-state index is 11.1. The van der Waals surface area contributed by atoms with E-state index in [-0.39, 0.29) is 28.6 Å². The molecule has 1 aliphatic rings. The summed E-state index contributed by atoms with van der Waals surface area (Å²) in [4.78, 5) is 10.5. The van der Waals surface area contributed by atoms with Gasteiger partial charge in [-0.3, -0.25) is 10.1 Å². The molecule has 0 bridgehead atoms. The van der Waals surface area contributed by atoms with E-state index in [2.05, 4.69) is 6.07 Å². The molecule has 3 aromatic rings. The summed E-state index contributed by atoms with van der Waals surface area (Å²) in [5.41, 5.74) is 6.96. The van der Waals surface area contributed by atoms with E-state index in [0.29, 0.717) is 11.1 Å². The number of phenols is 1. The van der Waals surface area contributed by atoms with Crippen LogP contribution in [-0.4, -0.2) is 10.0 Å². The van der Waals surface area contributed by atoms with Crippen LogP contribution in [0.25, 0.3) is 10.8 Å². The Bertz CT molecular complexity index is 1180. The standard InChI is InChI=1S/C20H13N3O4/c21-10-15-18(19-13-4-2-1-3-11(13)5-8-16(19)24)14-7-6-12(23(25)26)9-17(14)27-20(15)22/h1-9,18,24H,22H2. The Morgan fingerprint density at radius 1 is 1.19 bits per heavy atom. The van der Waals surface area contributed by atoms with Crippen molar-refractivity contribution in [3.05, 3.63) is 87.3 Å². The van der Waals surface area contributed by atoms with Gasteiger partial charge in [-0.2, -0.15) is 5.26 Å². The molecular weight excluding hydrogens is 346 g/mol. The fraction of sp³-hybridized carbons (Fsp3) is 0.0500. The molecule has 27 heavy (non-hydrogen) atoms. The third-order valence-electron chi connectivity index (χ3n) is 4.65. The van der Waals surface area contributed by atoms with Gasteiger partial charge >= 0.3 is 0 Å². The number of phenolic OH excluding ortho intramolecular Hbond substituents is 1. The van der Waals surface area contributed by atoms with Crippen molar-refractivity contribution in [2.24, 2.45) is 5.73 Å². The van der Waals surface area contributed by atoms with Crippen molar-refractivity contribution >= 4 is 16.5 Å². The normalized spacial score (nSPS) is 15.7. The molecule has 0 radical (unpaired) electrons. The lowest BCUT2D eigenvalue weighted by Crippen LogP contribution is -2.21. The fourth-order valence-corrected chi connectivity index (χ4v) is 3.44. The highest BCUT2D eigenvalue weighted by molar-refractivity contribution is 5.89. The molecular formula is C20H13N3O4. The van der Waals surface area contributed by atoms with Crippen molar-refractivity contribution in [1.29, 1.82) is 5.26 Å². The Balaban J connectivity index is 2.05. The van der Waals surface area contributed by atoms with Gasteiger partial charge in [-0.05, 0) is 22.9 Å². The minimum atomic E-state index is -0.703. The van der Waals surface area contributed by atoms with Crippen LogP contribution < -0.4 is 10.5 Å². The number of nitrogens with zero attached hydrogens (tertiary/aromatic N) is 2. The molecule has 1 heterocycles. The first-order valence-electron chi connectivity index (χ1n) is 8.07. The predicted molar refractivity (Wildman–Crippen MR) is 98.0 cm³/mol. The maximum Gasteiger partial charge on any atom is 0.273 e. The Hall–Kier alpha value is -4.05. The molecule has 7 nitrogen and oxygen atoms in total. The Kier molecular flexibility index (Phi) is 3.67. The Labute approximate surface area is 153 Å². The summed E-state index contributed by atoms with van der Waals surface area (Å²) < 4.78 is 5.48. The lowest BCUT2D eigenvalue weighted by Gasteiger charge is -2.27. The summed E-state index contributed by atoms with van der Waals surface area (Å²) in [5, 5.41) is 33.0. The van der Waals surface area contributed by atoms with Gasteiger partial charge in [-0.1, -0.05) is 30.3 Å². The Morgan fingerprint density at radius 3 is 2.70 bits per heavy atom. The number of non-ortho nitro benzene ring substituents is 1. The summed E-state index contributed by atoms with van der Waals surface area (Å²) in [7, 11) is 0. The van der Waals surface area contributed by atoms with Gasteiger partial charge < -0.3 is 15.6 Å². The number of rotatable bonds is 2. The number of benzene rings is 3. The second-order valence-electron chi connectivity index (χ2n) is 6.12. The second-order valence-corrected chi connectivity index (χ2v) is 6.12. The summed E-state index contributed by atoms with van der Waals surface area (Å²) >= 11 is 0. The molecule has 3 aromatic carbocycles. The average Bonchev–Trinajstić information content (AvgIpc) is 2.66. The Morgan fingerprint density at radius 2 is 1.96 bits per heavy atom. The van der Waals surface area contributed by atoms with Crippen LogP contribution in [-0.2, 0) is 0 Å². The van der Waals surface area contributed by atoms with Gasteiger partial charge in [-0.15, -0.1) is 0 Å². The summed E-state index contributed by atoms with van der Waals surface area (Å²) in [6.45, 7) is 0. The van der Waals surface area contributed by atoms with Crippen molar-refractivity contribution in [1.82, 2.24) is 0 Å². The summed E-state index contributed by atoms with van der Waals surface area (Å²) in [5.74, 6) is -0.642. The third kappa shape index (κ3) is 2.51. The highest BCUT2D eigenvalue weighted by Gasteiger charge is 2.34. The van der Waals surface area contributed by atoms with E-state index in [9.17, 15) is 20.5 Å². The van der Waals surface area contributed by atoms with E-state index >= 15 is 0 Å². The lowest BCUT2D eigenvalue weighted by molar-refractivity contribution is -0.384. The number of aromatic hydroxyl groups is 1. The first-order chi connectivity index (χ1) is 13.0. The molecule has 0 spiro atoms. The van der Waals surface area contributed by atoms with E-state index in [1.165, 1.54) is 18.2 Å². The molecule has 132 valence electrons. The molecule has 3 N–H and O–H groups in total. The molecule has 1 aliphatic heterocycles. The van der Waals surface area contributed by atoms with Crippen LogP contribution in [0.5, 0.6) is 11.5 Å². The largest absolute Gasteiger partial charge is 0.508 e. The van der Waals surface area contributed by atoms with E-state index in [0.717, 1.165) is 10.8 Å². The van der Waals surface area contributed by atoms with E-state index in [1.54, 1.807) is 12.1 Å². The number of ether oxygens (including phenoxy) is 1. The molecule has 0 fully saturated rings. The first-order valence-corrected chi connectivity index (χ1v) is 8.07. The average molecular weight is 359 g/mol. The zero-order chi connectivity index (χ0) is 19.1. The number of hydrogen-bond acceptors (Lipinski definition) is 6. The van der Waals surface area contributed by atoms with Gasteiger partial charge in [0, 0.05) is 17.2 Å². The lowest BCUT2D eigenvalue weighted by atomic mass is 9.81. The van der Waals surface area contributed by atoms with Gasteiger partial charge in [0.2, 0.25) is 5.88 Å². The molecule has 0 saturated heterocycles. The van der Waals surface area contributed by atoms with Crippen molar-refractivity contribution < 1.29 is 14.8 Å². The molecule has 0 amide bonds. The second kappa shape index (κ2) is 6.04. The van der Waals surface area contributed by atoms with Crippen LogP contribution in [0.2, 0.25) is 0 Å². The number of nitriles is 1. The van der Waals surface area contributed by atoms with E-state index in [1.807, 2.05) is 24.3 Å². The topological polar surface area (TPSA) is 122 Å². The summed E-state index contributed by atoms with van der Waals surface area (Å²) in [6, 6.07) is 17.0. The number of fused-ring (bicyclic) bond motifs is 2. The molecule has 1 atom stereocenters. The van der Waals surface area contributed by atoms with Crippen molar-refractivity contribution in [2.75, 3.05) is 0 Å². The highest BCUT2D eigenvalue weighted by atomic mass is 16.6. The number of nitrogens with two attached hydrogens (primary N) is 1. The molecule has 0 saturated carbocycles. The zero-order valence-electron chi connectivity index (χ0n) is 13.9. The smallest absolute Gasteiger partial charge is 0.273 e. The van der Waals surface area contributed by atoms with Crippen LogP contribution in [0.1, 0.15) is 17.0 Å². The first kappa shape index (κ1) is 16.4. The van der Waals surface area contributed by atoms with Crippen LogP contribution in [0.15, 0.2) is 66.1 Å². The number of allylic oxidation sites excluding steroid dienone is 1. The number of nitro benzene ring substituents is 1. The number of nitro groups is 1. The minimum Gasteiger partial charge on any atom is -0.508 e. The van der Waals surface area contributed by atoms with Crippen LogP contribution in [0.3, 0.4) is 0 Å². The van der Waals surface area contributed by atoms with E-state index < -0.39 is 10.8 Å². The molecule has 4 rings (SSSR count).